The Balaban J connectivity index is 1.87. The summed E-state index contributed by atoms with van der Waals surface area (Å²) in [5.74, 6) is 1.55. The molecule has 2 heterocycles. The van der Waals surface area contributed by atoms with Gasteiger partial charge in [0.25, 0.3) is 0 Å². The molecular formula is C13H18N2O3. The van der Waals surface area contributed by atoms with Gasteiger partial charge in [0.1, 0.15) is 13.2 Å². The Labute approximate surface area is 106 Å². The Morgan fingerprint density at radius 3 is 2.50 bits per heavy atom. The van der Waals surface area contributed by atoms with Crippen LogP contribution in [0.15, 0.2) is 18.2 Å². The minimum absolute atomic E-state index is 0.132. The second-order valence-corrected chi connectivity index (χ2v) is 4.94. The maximum Gasteiger partial charge on any atom is 0.161 e. The van der Waals surface area contributed by atoms with Gasteiger partial charge in [-0.1, -0.05) is 6.07 Å². The molecule has 5 nitrogen and oxygen atoms in total. The Morgan fingerprint density at radius 2 is 1.89 bits per heavy atom. The smallest absolute Gasteiger partial charge is 0.161 e. The van der Waals surface area contributed by atoms with Crippen molar-refractivity contribution in [2.75, 3.05) is 33.0 Å². The monoisotopic (exact) mass is 250 g/mol. The zero-order valence-electron chi connectivity index (χ0n) is 10.2. The zero-order valence-corrected chi connectivity index (χ0v) is 10.2. The Hall–Kier alpha value is -1.30. The van der Waals surface area contributed by atoms with Gasteiger partial charge < -0.3 is 25.7 Å². The van der Waals surface area contributed by atoms with E-state index in [0.29, 0.717) is 33.0 Å². The molecule has 0 radical (unpaired) electrons. The molecule has 0 aliphatic carbocycles. The molecule has 0 aromatic heterocycles. The van der Waals surface area contributed by atoms with Crippen LogP contribution in [-0.2, 0) is 4.74 Å². The quantitative estimate of drug-likeness (QED) is 0.813. The summed E-state index contributed by atoms with van der Waals surface area (Å²) in [6, 6.07) is 5.71. The van der Waals surface area contributed by atoms with Crippen molar-refractivity contribution in [3.63, 3.8) is 0 Å². The van der Waals surface area contributed by atoms with Crippen LogP contribution in [-0.4, -0.2) is 33.0 Å². The maximum absolute atomic E-state index is 6.32. The van der Waals surface area contributed by atoms with Gasteiger partial charge in [-0.3, -0.25) is 0 Å². The molecule has 1 aromatic carbocycles. The van der Waals surface area contributed by atoms with Gasteiger partial charge in [-0.15, -0.1) is 0 Å². The molecule has 0 bridgehead atoms. The van der Waals surface area contributed by atoms with Gasteiger partial charge in [0, 0.05) is 18.0 Å². The second-order valence-electron chi connectivity index (χ2n) is 4.94. The lowest BCUT2D eigenvalue weighted by Crippen LogP contribution is -2.54. The van der Waals surface area contributed by atoms with Crippen LogP contribution in [0.25, 0.3) is 0 Å². The average Bonchev–Trinajstić information content (AvgIpc) is 2.37. The fraction of sp³-hybridized carbons (Fsp3) is 0.538. The molecule has 0 amide bonds. The molecule has 3 rings (SSSR count). The summed E-state index contributed by atoms with van der Waals surface area (Å²) in [6.07, 6.45) is 0. The minimum Gasteiger partial charge on any atom is -0.486 e. The first-order valence-corrected chi connectivity index (χ1v) is 6.18. The fourth-order valence-corrected chi connectivity index (χ4v) is 2.40. The average molecular weight is 250 g/mol. The molecule has 2 aliphatic rings. The fourth-order valence-electron chi connectivity index (χ4n) is 2.40. The highest BCUT2D eigenvalue weighted by atomic mass is 16.6. The van der Waals surface area contributed by atoms with Gasteiger partial charge in [-0.25, -0.2) is 0 Å². The predicted molar refractivity (Wildman–Crippen MR) is 66.7 cm³/mol. The summed E-state index contributed by atoms with van der Waals surface area (Å²) in [5, 5.41) is 0. The number of hydrogen-bond acceptors (Lipinski definition) is 5. The third kappa shape index (κ3) is 1.75. The molecule has 1 atom stereocenters. The molecule has 18 heavy (non-hydrogen) atoms. The van der Waals surface area contributed by atoms with Crippen molar-refractivity contribution >= 4 is 0 Å². The van der Waals surface area contributed by atoms with E-state index in [-0.39, 0.29) is 11.5 Å². The lowest BCUT2D eigenvalue weighted by atomic mass is 9.75. The van der Waals surface area contributed by atoms with Crippen molar-refractivity contribution in [2.45, 2.75) is 6.04 Å². The molecule has 2 aliphatic heterocycles. The van der Waals surface area contributed by atoms with E-state index in [0.717, 1.165) is 17.1 Å². The highest BCUT2D eigenvalue weighted by molar-refractivity contribution is 5.45. The van der Waals surface area contributed by atoms with Crippen molar-refractivity contribution in [3.05, 3.63) is 23.8 Å². The van der Waals surface area contributed by atoms with E-state index in [9.17, 15) is 0 Å². The first-order chi connectivity index (χ1) is 8.75. The largest absolute Gasteiger partial charge is 0.486 e. The van der Waals surface area contributed by atoms with Crippen LogP contribution in [0.5, 0.6) is 11.5 Å². The number of fused-ring (bicyclic) bond motifs is 1. The van der Waals surface area contributed by atoms with E-state index in [1.165, 1.54) is 0 Å². The highest BCUT2D eigenvalue weighted by Gasteiger charge is 2.43. The van der Waals surface area contributed by atoms with E-state index in [1.54, 1.807) is 0 Å². The molecule has 0 saturated carbocycles. The molecule has 1 fully saturated rings. The van der Waals surface area contributed by atoms with Crippen LogP contribution in [0.3, 0.4) is 0 Å². The van der Waals surface area contributed by atoms with E-state index in [4.69, 9.17) is 25.7 Å². The Kier molecular flexibility index (Phi) is 2.89. The summed E-state index contributed by atoms with van der Waals surface area (Å²) in [5.41, 5.74) is 13.0. The lowest BCUT2D eigenvalue weighted by molar-refractivity contribution is -0.121. The van der Waals surface area contributed by atoms with Gasteiger partial charge in [0.05, 0.1) is 13.2 Å². The number of ether oxygens (including phenoxy) is 3. The van der Waals surface area contributed by atoms with Crippen molar-refractivity contribution < 1.29 is 14.2 Å². The van der Waals surface area contributed by atoms with E-state index < -0.39 is 0 Å². The van der Waals surface area contributed by atoms with Gasteiger partial charge in [-0.2, -0.15) is 0 Å². The van der Waals surface area contributed by atoms with Crippen molar-refractivity contribution in [1.82, 2.24) is 0 Å². The molecule has 1 unspecified atom stereocenters. The summed E-state index contributed by atoms with van der Waals surface area (Å²) >= 11 is 0. The highest BCUT2D eigenvalue weighted by Crippen LogP contribution is 2.41. The topological polar surface area (TPSA) is 79.7 Å². The Bertz CT molecular complexity index is 440. The van der Waals surface area contributed by atoms with Gasteiger partial charge in [0.2, 0.25) is 0 Å². The lowest BCUT2D eigenvalue weighted by Gasteiger charge is -2.45. The first-order valence-electron chi connectivity index (χ1n) is 6.18. The molecular weight excluding hydrogens is 232 g/mol. The second kappa shape index (κ2) is 4.42. The van der Waals surface area contributed by atoms with Gasteiger partial charge >= 0.3 is 0 Å². The third-order valence-electron chi connectivity index (χ3n) is 3.77. The van der Waals surface area contributed by atoms with Crippen LogP contribution in [0.1, 0.15) is 11.6 Å². The summed E-state index contributed by atoms with van der Waals surface area (Å²) in [4.78, 5) is 0. The third-order valence-corrected chi connectivity index (χ3v) is 3.77. The number of benzene rings is 1. The van der Waals surface area contributed by atoms with E-state index in [2.05, 4.69) is 0 Å². The van der Waals surface area contributed by atoms with Crippen molar-refractivity contribution in [1.29, 1.82) is 0 Å². The summed E-state index contributed by atoms with van der Waals surface area (Å²) in [7, 11) is 0. The summed E-state index contributed by atoms with van der Waals surface area (Å²) < 4.78 is 16.3. The first kappa shape index (κ1) is 11.8. The van der Waals surface area contributed by atoms with Crippen LogP contribution in [0.4, 0.5) is 0 Å². The van der Waals surface area contributed by atoms with Gasteiger partial charge in [-0.05, 0) is 17.7 Å². The Morgan fingerprint density at radius 1 is 1.17 bits per heavy atom. The van der Waals surface area contributed by atoms with Crippen molar-refractivity contribution in [2.24, 2.45) is 16.9 Å². The summed E-state index contributed by atoms with van der Waals surface area (Å²) in [6.45, 7) is 2.95. The molecule has 4 N–H and O–H groups in total. The van der Waals surface area contributed by atoms with Crippen molar-refractivity contribution in [3.8, 4) is 11.5 Å². The van der Waals surface area contributed by atoms with Crippen LogP contribution < -0.4 is 20.9 Å². The molecule has 98 valence electrons. The molecule has 0 spiro atoms. The maximum atomic E-state index is 6.32. The molecule has 1 saturated heterocycles. The van der Waals surface area contributed by atoms with Crippen LogP contribution >= 0.6 is 0 Å². The SMILES string of the molecule is NCC1(C(N)c2ccc3c(c2)OCCO3)COC1. The van der Waals surface area contributed by atoms with Gasteiger partial charge in [0.15, 0.2) is 11.5 Å². The normalized spacial score (nSPS) is 22.1. The number of rotatable bonds is 3. The van der Waals surface area contributed by atoms with E-state index >= 15 is 0 Å². The number of nitrogens with two attached hydrogens (primary N) is 2. The molecule has 5 heteroatoms. The standard InChI is InChI=1S/C13H18N2O3/c14-6-13(7-16-8-13)12(15)9-1-2-10-11(5-9)18-4-3-17-10/h1-2,5,12H,3-4,6-8,14-15H2. The minimum atomic E-state index is -0.135. The molecule has 1 aromatic rings. The number of hydrogen-bond donors (Lipinski definition) is 2. The predicted octanol–water partition coefficient (Wildman–Crippen LogP) is 0.433. The van der Waals surface area contributed by atoms with Crippen LogP contribution in [0.2, 0.25) is 0 Å². The zero-order chi connectivity index (χ0) is 12.6. The van der Waals surface area contributed by atoms with Crippen LogP contribution in [0, 0.1) is 5.41 Å². The van der Waals surface area contributed by atoms with E-state index in [1.807, 2.05) is 18.2 Å².